The number of halogens is 1. The number of hydrogen-bond acceptors (Lipinski definition) is 4. The number of aryl methyl sites for hydroxylation is 2. The molecule has 112 valence electrons. The van der Waals surface area contributed by atoms with Crippen molar-refractivity contribution in [3.05, 3.63) is 64.2 Å². The van der Waals surface area contributed by atoms with Crippen LogP contribution in [-0.4, -0.2) is 10.1 Å². The Bertz CT molecular complexity index is 864. The van der Waals surface area contributed by atoms with Crippen LogP contribution in [0.25, 0.3) is 11.1 Å². The van der Waals surface area contributed by atoms with E-state index in [-0.39, 0.29) is 11.4 Å². The van der Waals surface area contributed by atoms with Gasteiger partial charge < -0.3 is 14.8 Å². The smallest absolute Gasteiger partial charge is 0.271 e. The summed E-state index contributed by atoms with van der Waals surface area (Å²) < 4.78 is 18.4. The van der Waals surface area contributed by atoms with E-state index in [9.17, 15) is 9.18 Å². The van der Waals surface area contributed by atoms with Crippen LogP contribution in [0.4, 0.5) is 15.8 Å². The fourth-order valence-electron chi connectivity index (χ4n) is 2.34. The molecule has 0 aliphatic carbocycles. The van der Waals surface area contributed by atoms with E-state index in [1.807, 2.05) is 6.92 Å². The topological polar surface area (TPSA) is 70.9 Å². The molecule has 5 nitrogen and oxygen atoms in total. The molecule has 2 heterocycles. The zero-order valence-corrected chi connectivity index (χ0v) is 12.1. The van der Waals surface area contributed by atoms with Gasteiger partial charge in [-0.05, 0) is 38.1 Å². The van der Waals surface area contributed by atoms with Crippen LogP contribution in [-0.2, 0) is 0 Å². The largest absolute Gasteiger partial charge is 0.361 e. The maximum Gasteiger partial charge on any atom is 0.271 e. The Morgan fingerprint density at radius 3 is 2.77 bits per heavy atom. The van der Waals surface area contributed by atoms with E-state index in [0.717, 1.165) is 16.8 Å². The summed E-state index contributed by atoms with van der Waals surface area (Å²) in [7, 11) is 0. The minimum atomic E-state index is -0.372. The lowest BCUT2D eigenvalue weighted by Crippen LogP contribution is -2.11. The van der Waals surface area contributed by atoms with Gasteiger partial charge in [0, 0.05) is 23.0 Å². The molecule has 0 radical (unpaired) electrons. The van der Waals surface area contributed by atoms with Crippen LogP contribution in [0.3, 0.4) is 0 Å². The van der Waals surface area contributed by atoms with Gasteiger partial charge in [-0.3, -0.25) is 4.79 Å². The summed E-state index contributed by atoms with van der Waals surface area (Å²) in [6.07, 6.45) is 1.60. The second-order valence-corrected chi connectivity index (χ2v) is 4.97. The number of aromatic amines is 1. The molecule has 0 atom stereocenters. The van der Waals surface area contributed by atoms with Crippen LogP contribution in [0.15, 0.2) is 45.8 Å². The number of rotatable bonds is 3. The molecule has 6 heteroatoms. The van der Waals surface area contributed by atoms with Gasteiger partial charge in [-0.1, -0.05) is 11.2 Å². The number of nitrogens with one attached hydrogen (secondary N) is 2. The van der Waals surface area contributed by atoms with E-state index in [1.54, 1.807) is 31.3 Å². The zero-order chi connectivity index (χ0) is 15.7. The minimum absolute atomic E-state index is 0.292. The lowest BCUT2D eigenvalue weighted by molar-refractivity contribution is 0.393. The van der Waals surface area contributed by atoms with Crippen molar-refractivity contribution < 1.29 is 8.91 Å². The van der Waals surface area contributed by atoms with Crippen LogP contribution in [0.1, 0.15) is 11.5 Å². The number of H-pyrrole nitrogens is 1. The summed E-state index contributed by atoms with van der Waals surface area (Å²) >= 11 is 0. The number of aromatic nitrogens is 2. The number of hydrogen-bond donors (Lipinski definition) is 2. The van der Waals surface area contributed by atoms with Crippen LogP contribution in [0.5, 0.6) is 0 Å². The van der Waals surface area contributed by atoms with Gasteiger partial charge in [0.15, 0.2) is 0 Å². The molecule has 2 aromatic heterocycles. The second kappa shape index (κ2) is 5.48. The predicted octanol–water partition coefficient (Wildman–Crippen LogP) is 3.53. The first-order valence-corrected chi connectivity index (χ1v) is 6.73. The van der Waals surface area contributed by atoms with Crippen molar-refractivity contribution >= 4 is 11.4 Å². The molecule has 3 aromatic rings. The monoisotopic (exact) mass is 299 g/mol. The normalized spacial score (nSPS) is 10.7. The molecule has 0 aliphatic heterocycles. The average molecular weight is 299 g/mol. The standard InChI is InChI=1S/C16H14FN3O2/c1-9-15(10(2)22-20-9)11-6-14(16(21)18-8-11)19-13-5-3-4-12(17)7-13/h3-8,19H,1-2H3,(H,18,21). The summed E-state index contributed by atoms with van der Waals surface area (Å²) in [5.74, 6) is 0.296. The van der Waals surface area contributed by atoms with Gasteiger partial charge in [-0.2, -0.15) is 0 Å². The summed E-state index contributed by atoms with van der Waals surface area (Å²) in [5, 5.41) is 6.82. The Hall–Kier alpha value is -2.89. The quantitative estimate of drug-likeness (QED) is 0.776. The third-order valence-electron chi connectivity index (χ3n) is 3.33. The van der Waals surface area contributed by atoms with Gasteiger partial charge >= 0.3 is 0 Å². The van der Waals surface area contributed by atoms with Gasteiger partial charge in [0.1, 0.15) is 17.3 Å². The lowest BCUT2D eigenvalue weighted by atomic mass is 10.1. The zero-order valence-electron chi connectivity index (χ0n) is 12.1. The molecule has 0 unspecified atom stereocenters. The molecular formula is C16H14FN3O2. The van der Waals surface area contributed by atoms with Crippen LogP contribution in [0.2, 0.25) is 0 Å². The highest BCUT2D eigenvalue weighted by atomic mass is 19.1. The van der Waals surface area contributed by atoms with Crippen LogP contribution < -0.4 is 10.9 Å². The molecule has 0 bridgehead atoms. The SMILES string of the molecule is Cc1noc(C)c1-c1c[nH]c(=O)c(Nc2cccc(F)c2)c1. The highest BCUT2D eigenvalue weighted by Gasteiger charge is 2.13. The molecule has 3 rings (SSSR count). The average Bonchev–Trinajstić information content (AvgIpc) is 2.81. The highest BCUT2D eigenvalue weighted by Crippen LogP contribution is 2.27. The van der Waals surface area contributed by atoms with E-state index in [0.29, 0.717) is 17.1 Å². The first-order valence-electron chi connectivity index (χ1n) is 6.73. The molecule has 0 spiro atoms. The lowest BCUT2D eigenvalue weighted by Gasteiger charge is -2.07. The number of pyridine rings is 1. The summed E-state index contributed by atoms with van der Waals surface area (Å²) in [5.41, 5.74) is 2.87. The van der Waals surface area contributed by atoms with Crippen molar-refractivity contribution in [3.8, 4) is 11.1 Å². The van der Waals surface area contributed by atoms with Crippen molar-refractivity contribution in [1.82, 2.24) is 10.1 Å². The van der Waals surface area contributed by atoms with E-state index in [4.69, 9.17) is 4.52 Å². The van der Waals surface area contributed by atoms with Crippen molar-refractivity contribution in [2.45, 2.75) is 13.8 Å². The Morgan fingerprint density at radius 2 is 2.09 bits per heavy atom. The first-order chi connectivity index (χ1) is 10.5. The summed E-state index contributed by atoms with van der Waals surface area (Å²) in [4.78, 5) is 14.6. The molecule has 2 N–H and O–H groups in total. The molecule has 0 amide bonds. The maximum absolute atomic E-state index is 13.2. The molecule has 0 saturated carbocycles. The Labute approximate surface area is 125 Å². The molecule has 1 aromatic carbocycles. The van der Waals surface area contributed by atoms with Crippen molar-refractivity contribution in [2.75, 3.05) is 5.32 Å². The third-order valence-corrected chi connectivity index (χ3v) is 3.33. The number of nitrogens with zero attached hydrogens (tertiary/aromatic N) is 1. The van der Waals surface area contributed by atoms with Crippen molar-refractivity contribution in [2.24, 2.45) is 0 Å². The summed E-state index contributed by atoms with van der Waals surface area (Å²) in [6.45, 7) is 3.64. The van der Waals surface area contributed by atoms with Crippen molar-refractivity contribution in [1.29, 1.82) is 0 Å². The van der Waals surface area contributed by atoms with Gasteiger partial charge in [-0.25, -0.2) is 4.39 Å². The van der Waals surface area contributed by atoms with Gasteiger partial charge in [0.2, 0.25) is 0 Å². The van der Waals surface area contributed by atoms with E-state index >= 15 is 0 Å². The Kier molecular flexibility index (Phi) is 3.50. The fraction of sp³-hybridized carbons (Fsp3) is 0.125. The highest BCUT2D eigenvalue weighted by molar-refractivity contribution is 5.71. The molecule has 0 aliphatic rings. The van der Waals surface area contributed by atoms with E-state index in [1.165, 1.54) is 12.1 Å². The van der Waals surface area contributed by atoms with Crippen molar-refractivity contribution in [3.63, 3.8) is 0 Å². The van der Waals surface area contributed by atoms with Gasteiger partial charge in [0.05, 0.1) is 5.69 Å². The molecule has 0 fully saturated rings. The number of benzene rings is 1. The predicted molar refractivity (Wildman–Crippen MR) is 81.7 cm³/mol. The third kappa shape index (κ3) is 2.63. The second-order valence-electron chi connectivity index (χ2n) is 4.97. The van der Waals surface area contributed by atoms with Crippen LogP contribution >= 0.6 is 0 Å². The van der Waals surface area contributed by atoms with Gasteiger partial charge in [0.25, 0.3) is 5.56 Å². The van der Waals surface area contributed by atoms with E-state index < -0.39 is 0 Å². The molecule has 0 saturated heterocycles. The molecular weight excluding hydrogens is 285 g/mol. The Morgan fingerprint density at radius 1 is 1.27 bits per heavy atom. The molecule has 22 heavy (non-hydrogen) atoms. The van der Waals surface area contributed by atoms with Crippen LogP contribution in [0, 0.1) is 19.7 Å². The summed E-state index contributed by atoms with van der Waals surface area (Å²) in [6, 6.07) is 7.61. The fourth-order valence-corrected chi connectivity index (χ4v) is 2.34. The number of anilines is 2. The minimum Gasteiger partial charge on any atom is -0.361 e. The Balaban J connectivity index is 2.02. The first kappa shape index (κ1) is 14.1. The van der Waals surface area contributed by atoms with E-state index in [2.05, 4.69) is 15.5 Å². The maximum atomic E-state index is 13.2. The van der Waals surface area contributed by atoms with Gasteiger partial charge in [-0.15, -0.1) is 0 Å².